The second-order valence-electron chi connectivity index (χ2n) is 5.84. The maximum absolute atomic E-state index is 13.0. The number of fused-ring (bicyclic) bond motifs is 1. The average molecular weight is 422 g/mol. The Balaban J connectivity index is 2.21. The van der Waals surface area contributed by atoms with Gasteiger partial charge in [-0.3, -0.25) is 4.79 Å². The lowest BCUT2D eigenvalue weighted by Crippen LogP contribution is -2.15. The van der Waals surface area contributed by atoms with Crippen molar-refractivity contribution in [1.82, 2.24) is 3.97 Å². The van der Waals surface area contributed by atoms with Crippen LogP contribution in [-0.4, -0.2) is 18.4 Å². The summed E-state index contributed by atoms with van der Waals surface area (Å²) in [5.74, 6) is -0.526. The van der Waals surface area contributed by atoms with Crippen LogP contribution in [0, 0.1) is 5.92 Å². The Morgan fingerprint density at radius 2 is 1.80 bits per heavy atom. The minimum absolute atomic E-state index is 0.163. The van der Waals surface area contributed by atoms with Crippen molar-refractivity contribution in [2.45, 2.75) is 18.7 Å². The summed E-state index contributed by atoms with van der Waals surface area (Å²) in [7, 11) is -3.80. The molecule has 0 spiro atoms. The number of carbonyl (C=O) groups is 1. The second-order valence-corrected chi connectivity index (χ2v) is 8.58. The van der Waals surface area contributed by atoms with Gasteiger partial charge in [0.05, 0.1) is 22.5 Å². The number of aromatic nitrogens is 1. The first-order chi connectivity index (χ1) is 11.8. The van der Waals surface area contributed by atoms with Crippen LogP contribution in [0.25, 0.3) is 10.9 Å². The van der Waals surface area contributed by atoms with E-state index in [4.69, 9.17) is 4.74 Å². The quantitative estimate of drug-likeness (QED) is 0.591. The summed E-state index contributed by atoms with van der Waals surface area (Å²) in [6.45, 7) is 3.44. The highest BCUT2D eigenvalue weighted by atomic mass is 79.9. The maximum atomic E-state index is 13.0. The lowest BCUT2D eigenvalue weighted by molar-refractivity contribution is -0.137. The summed E-state index contributed by atoms with van der Waals surface area (Å²) >= 11 is 3.37. The SMILES string of the molecule is CC(C)C(=O)Oc1cn(S(=O)(=O)c2ccccc2)c2ccc(Br)cc12. The molecule has 7 heteroatoms. The lowest BCUT2D eigenvalue weighted by Gasteiger charge is -2.07. The fourth-order valence-electron chi connectivity index (χ4n) is 2.36. The molecule has 3 aromatic rings. The molecule has 0 radical (unpaired) electrons. The van der Waals surface area contributed by atoms with E-state index in [1.54, 1.807) is 50.2 Å². The number of ether oxygens (including phenoxy) is 1. The molecule has 3 rings (SSSR count). The van der Waals surface area contributed by atoms with Gasteiger partial charge in [0.2, 0.25) is 0 Å². The second kappa shape index (κ2) is 6.65. The van der Waals surface area contributed by atoms with E-state index in [0.717, 1.165) is 8.45 Å². The summed E-state index contributed by atoms with van der Waals surface area (Å²) in [6, 6.07) is 13.3. The Bertz CT molecular complexity index is 1040. The minimum atomic E-state index is -3.80. The molecule has 25 heavy (non-hydrogen) atoms. The summed E-state index contributed by atoms with van der Waals surface area (Å²) in [4.78, 5) is 12.1. The molecule has 0 saturated carbocycles. The van der Waals surface area contributed by atoms with Crippen LogP contribution < -0.4 is 4.74 Å². The van der Waals surface area contributed by atoms with E-state index >= 15 is 0 Å². The van der Waals surface area contributed by atoms with Crippen LogP contribution in [0.5, 0.6) is 5.75 Å². The number of halogens is 1. The Hall–Kier alpha value is -2.12. The molecule has 0 amide bonds. The molecule has 0 saturated heterocycles. The van der Waals surface area contributed by atoms with Crippen molar-refractivity contribution in [2.24, 2.45) is 5.92 Å². The van der Waals surface area contributed by atoms with Crippen LogP contribution in [0.1, 0.15) is 13.8 Å². The van der Waals surface area contributed by atoms with Crippen molar-refractivity contribution >= 4 is 42.8 Å². The van der Waals surface area contributed by atoms with Crippen LogP contribution >= 0.6 is 15.9 Å². The molecule has 2 aromatic carbocycles. The first-order valence-electron chi connectivity index (χ1n) is 7.63. The topological polar surface area (TPSA) is 65.4 Å². The Morgan fingerprint density at radius 1 is 1.12 bits per heavy atom. The standard InChI is InChI=1S/C18H16BrNO4S/c1-12(2)18(21)24-17-11-20(16-9-8-13(19)10-15(16)17)25(22,23)14-6-4-3-5-7-14/h3-12H,1-2H3. The van der Waals surface area contributed by atoms with E-state index < -0.39 is 16.0 Å². The first kappa shape index (κ1) is 17.7. The molecule has 0 aliphatic carbocycles. The number of rotatable bonds is 4. The van der Waals surface area contributed by atoms with Gasteiger partial charge in [-0.15, -0.1) is 0 Å². The third-order valence-corrected chi connectivity index (χ3v) is 5.86. The number of hydrogen-bond donors (Lipinski definition) is 0. The van der Waals surface area contributed by atoms with Crippen molar-refractivity contribution in [3.05, 3.63) is 59.2 Å². The average Bonchev–Trinajstić information content (AvgIpc) is 2.94. The Morgan fingerprint density at radius 3 is 2.44 bits per heavy atom. The van der Waals surface area contributed by atoms with Gasteiger partial charge in [-0.25, -0.2) is 12.4 Å². The van der Waals surface area contributed by atoms with E-state index in [1.807, 2.05) is 0 Å². The molecular weight excluding hydrogens is 406 g/mol. The molecule has 0 atom stereocenters. The van der Waals surface area contributed by atoms with Gasteiger partial charge < -0.3 is 4.74 Å². The molecule has 130 valence electrons. The van der Waals surface area contributed by atoms with Gasteiger partial charge in [0.1, 0.15) is 0 Å². The Kier molecular flexibility index (Phi) is 4.71. The number of carbonyl (C=O) groups excluding carboxylic acids is 1. The zero-order valence-corrected chi connectivity index (χ0v) is 16.0. The summed E-state index contributed by atoms with van der Waals surface area (Å²) in [5, 5.41) is 0.544. The van der Waals surface area contributed by atoms with Gasteiger partial charge in [0, 0.05) is 9.86 Å². The highest BCUT2D eigenvalue weighted by Crippen LogP contribution is 2.33. The molecule has 1 aromatic heterocycles. The molecule has 5 nitrogen and oxygen atoms in total. The van der Waals surface area contributed by atoms with Crippen LogP contribution in [0.3, 0.4) is 0 Å². The molecule has 0 aliphatic heterocycles. The fraction of sp³-hybridized carbons (Fsp3) is 0.167. The largest absolute Gasteiger partial charge is 0.424 e. The molecule has 0 bridgehead atoms. The van der Waals surface area contributed by atoms with Gasteiger partial charge in [-0.05, 0) is 30.3 Å². The van der Waals surface area contributed by atoms with Gasteiger partial charge in [-0.2, -0.15) is 0 Å². The third kappa shape index (κ3) is 3.34. The van der Waals surface area contributed by atoms with Crippen molar-refractivity contribution in [3.63, 3.8) is 0 Å². The van der Waals surface area contributed by atoms with Crippen molar-refractivity contribution < 1.29 is 17.9 Å². The normalized spacial score (nSPS) is 11.8. The maximum Gasteiger partial charge on any atom is 0.313 e. The van der Waals surface area contributed by atoms with Gasteiger partial charge in [0.15, 0.2) is 5.75 Å². The predicted molar refractivity (Wildman–Crippen MR) is 99.1 cm³/mol. The molecule has 1 heterocycles. The van der Waals surface area contributed by atoms with Crippen LogP contribution in [-0.2, 0) is 14.8 Å². The summed E-state index contributed by atoms with van der Waals surface area (Å²) in [6.07, 6.45) is 1.35. The highest BCUT2D eigenvalue weighted by Gasteiger charge is 2.23. The number of nitrogens with zero attached hydrogens (tertiary/aromatic N) is 1. The third-order valence-electron chi connectivity index (χ3n) is 3.68. The molecule has 0 N–H and O–H groups in total. The van der Waals surface area contributed by atoms with E-state index in [1.165, 1.54) is 18.3 Å². The lowest BCUT2D eigenvalue weighted by atomic mass is 10.2. The van der Waals surface area contributed by atoms with Gasteiger partial charge >= 0.3 is 5.97 Å². The zero-order valence-electron chi connectivity index (χ0n) is 13.6. The monoisotopic (exact) mass is 421 g/mol. The van der Waals surface area contributed by atoms with Crippen LogP contribution in [0.4, 0.5) is 0 Å². The molecule has 0 aliphatic rings. The first-order valence-corrected chi connectivity index (χ1v) is 9.87. The minimum Gasteiger partial charge on any atom is -0.424 e. The predicted octanol–water partition coefficient (Wildman–Crippen LogP) is 4.20. The van der Waals surface area contributed by atoms with E-state index in [2.05, 4.69) is 15.9 Å². The van der Waals surface area contributed by atoms with Crippen molar-refractivity contribution in [3.8, 4) is 5.75 Å². The van der Waals surface area contributed by atoms with Crippen molar-refractivity contribution in [2.75, 3.05) is 0 Å². The number of esters is 1. The van der Waals surface area contributed by atoms with E-state index in [9.17, 15) is 13.2 Å². The van der Waals surface area contributed by atoms with Crippen LogP contribution in [0.15, 0.2) is 64.1 Å². The van der Waals surface area contributed by atoms with E-state index in [-0.39, 0.29) is 16.6 Å². The van der Waals surface area contributed by atoms with Crippen molar-refractivity contribution in [1.29, 1.82) is 0 Å². The smallest absolute Gasteiger partial charge is 0.313 e. The number of hydrogen-bond acceptors (Lipinski definition) is 4. The van der Waals surface area contributed by atoms with Crippen LogP contribution in [0.2, 0.25) is 0 Å². The van der Waals surface area contributed by atoms with E-state index in [0.29, 0.717) is 10.9 Å². The van der Waals surface area contributed by atoms with Gasteiger partial charge in [-0.1, -0.05) is 48.0 Å². The summed E-state index contributed by atoms with van der Waals surface area (Å²) in [5.41, 5.74) is 0.443. The Labute approximate surface area is 154 Å². The molecule has 0 unspecified atom stereocenters. The van der Waals surface area contributed by atoms with Gasteiger partial charge in [0.25, 0.3) is 10.0 Å². The molecular formula is C18H16BrNO4S. The summed E-state index contributed by atoms with van der Waals surface area (Å²) < 4.78 is 33.3. The zero-order chi connectivity index (χ0) is 18.2. The molecule has 0 fully saturated rings. The number of benzene rings is 2. The fourth-order valence-corrected chi connectivity index (χ4v) is 4.10. The highest BCUT2D eigenvalue weighted by molar-refractivity contribution is 9.10.